The molecule has 2 aromatic rings. The molecule has 0 bridgehead atoms. The van der Waals surface area contributed by atoms with Crippen LogP contribution in [0, 0.1) is 6.92 Å². The SMILES string of the molecule is Cc1cc(CCN)ccc1Sc1ccccn1. The summed E-state index contributed by atoms with van der Waals surface area (Å²) in [6, 6.07) is 12.5. The van der Waals surface area contributed by atoms with E-state index < -0.39 is 0 Å². The molecule has 88 valence electrons. The second kappa shape index (κ2) is 5.84. The Morgan fingerprint density at radius 2 is 2.12 bits per heavy atom. The Hall–Kier alpha value is -1.32. The first kappa shape index (κ1) is 12.1. The van der Waals surface area contributed by atoms with E-state index in [1.165, 1.54) is 16.0 Å². The van der Waals surface area contributed by atoms with Crippen LogP contribution in [0.15, 0.2) is 52.5 Å². The van der Waals surface area contributed by atoms with E-state index in [2.05, 4.69) is 30.1 Å². The Bertz CT molecular complexity index is 483. The third kappa shape index (κ3) is 3.32. The molecule has 0 amide bonds. The molecule has 0 atom stereocenters. The molecule has 0 aliphatic rings. The molecule has 0 aliphatic carbocycles. The zero-order valence-electron chi connectivity index (χ0n) is 9.89. The zero-order valence-corrected chi connectivity index (χ0v) is 10.7. The van der Waals surface area contributed by atoms with Gasteiger partial charge in [0.15, 0.2) is 0 Å². The van der Waals surface area contributed by atoms with Gasteiger partial charge in [-0.3, -0.25) is 0 Å². The van der Waals surface area contributed by atoms with Crippen LogP contribution < -0.4 is 5.73 Å². The summed E-state index contributed by atoms with van der Waals surface area (Å²) >= 11 is 1.70. The first-order chi connectivity index (χ1) is 8.29. The first-order valence-electron chi connectivity index (χ1n) is 5.68. The molecule has 0 spiro atoms. The van der Waals surface area contributed by atoms with Crippen LogP contribution in [0.2, 0.25) is 0 Å². The van der Waals surface area contributed by atoms with Crippen LogP contribution in [-0.4, -0.2) is 11.5 Å². The minimum absolute atomic E-state index is 0.701. The third-order valence-corrected chi connectivity index (χ3v) is 3.65. The average molecular weight is 244 g/mol. The lowest BCUT2D eigenvalue weighted by molar-refractivity contribution is 0.962. The summed E-state index contributed by atoms with van der Waals surface area (Å²) in [5, 5.41) is 1.03. The van der Waals surface area contributed by atoms with Gasteiger partial charge < -0.3 is 5.73 Å². The van der Waals surface area contributed by atoms with Crippen LogP contribution in [0.5, 0.6) is 0 Å². The van der Waals surface area contributed by atoms with Gasteiger partial charge in [0, 0.05) is 11.1 Å². The topological polar surface area (TPSA) is 38.9 Å². The van der Waals surface area contributed by atoms with Crippen molar-refractivity contribution in [3.8, 4) is 0 Å². The lowest BCUT2D eigenvalue weighted by atomic mass is 10.1. The highest BCUT2D eigenvalue weighted by Gasteiger charge is 2.02. The molecule has 1 heterocycles. The van der Waals surface area contributed by atoms with E-state index in [1.54, 1.807) is 11.8 Å². The van der Waals surface area contributed by atoms with Gasteiger partial charge in [0.25, 0.3) is 0 Å². The maximum absolute atomic E-state index is 5.56. The van der Waals surface area contributed by atoms with Gasteiger partial charge >= 0.3 is 0 Å². The van der Waals surface area contributed by atoms with Crippen LogP contribution in [-0.2, 0) is 6.42 Å². The number of pyridine rings is 1. The number of hydrogen-bond acceptors (Lipinski definition) is 3. The molecule has 1 aromatic carbocycles. The van der Waals surface area contributed by atoms with Crippen molar-refractivity contribution in [1.29, 1.82) is 0 Å². The molecular weight excluding hydrogens is 228 g/mol. The van der Waals surface area contributed by atoms with E-state index in [0.717, 1.165) is 11.4 Å². The quantitative estimate of drug-likeness (QED) is 0.898. The smallest absolute Gasteiger partial charge is 0.101 e. The van der Waals surface area contributed by atoms with Crippen molar-refractivity contribution >= 4 is 11.8 Å². The van der Waals surface area contributed by atoms with Crippen LogP contribution in [0.4, 0.5) is 0 Å². The van der Waals surface area contributed by atoms with Crippen LogP contribution in [0.25, 0.3) is 0 Å². The molecule has 0 unspecified atom stereocenters. The number of nitrogens with two attached hydrogens (primary N) is 1. The fourth-order valence-electron chi connectivity index (χ4n) is 1.67. The molecule has 0 radical (unpaired) electrons. The molecule has 2 nitrogen and oxygen atoms in total. The molecular formula is C14H16N2S. The third-order valence-electron chi connectivity index (χ3n) is 2.52. The lowest BCUT2D eigenvalue weighted by Gasteiger charge is -2.07. The second-order valence-corrected chi connectivity index (χ2v) is 4.97. The summed E-state index contributed by atoms with van der Waals surface area (Å²) in [6.07, 6.45) is 2.76. The number of hydrogen-bond donors (Lipinski definition) is 1. The number of nitrogens with zero attached hydrogens (tertiary/aromatic N) is 1. The van der Waals surface area contributed by atoms with Crippen LogP contribution in [0.3, 0.4) is 0 Å². The highest BCUT2D eigenvalue weighted by molar-refractivity contribution is 7.99. The van der Waals surface area contributed by atoms with Gasteiger partial charge in [-0.15, -0.1) is 0 Å². The Morgan fingerprint density at radius 3 is 2.76 bits per heavy atom. The number of benzene rings is 1. The fourth-order valence-corrected chi connectivity index (χ4v) is 2.51. The van der Waals surface area contributed by atoms with Crippen LogP contribution in [0.1, 0.15) is 11.1 Å². The number of aryl methyl sites for hydroxylation is 1. The molecule has 0 aliphatic heterocycles. The van der Waals surface area contributed by atoms with Crippen molar-refractivity contribution in [2.75, 3.05) is 6.54 Å². The molecule has 0 saturated carbocycles. The van der Waals surface area contributed by atoms with Gasteiger partial charge in [-0.2, -0.15) is 0 Å². The van der Waals surface area contributed by atoms with Crippen molar-refractivity contribution in [3.63, 3.8) is 0 Å². The largest absolute Gasteiger partial charge is 0.330 e. The molecule has 3 heteroatoms. The summed E-state index contributed by atoms with van der Waals surface area (Å²) in [5.74, 6) is 0. The molecule has 2 N–H and O–H groups in total. The van der Waals surface area contributed by atoms with E-state index in [4.69, 9.17) is 5.73 Å². The van der Waals surface area contributed by atoms with Gasteiger partial charge in [-0.25, -0.2) is 4.98 Å². The van der Waals surface area contributed by atoms with Crippen LogP contribution >= 0.6 is 11.8 Å². The summed E-state index contributed by atoms with van der Waals surface area (Å²) in [7, 11) is 0. The zero-order chi connectivity index (χ0) is 12.1. The fraction of sp³-hybridized carbons (Fsp3) is 0.214. The molecule has 0 fully saturated rings. The summed E-state index contributed by atoms with van der Waals surface area (Å²) in [5.41, 5.74) is 8.14. The highest BCUT2D eigenvalue weighted by Crippen LogP contribution is 2.29. The summed E-state index contributed by atoms with van der Waals surface area (Å²) in [6.45, 7) is 2.83. The molecule has 0 saturated heterocycles. The van der Waals surface area contributed by atoms with Crippen molar-refractivity contribution in [3.05, 3.63) is 53.7 Å². The second-order valence-electron chi connectivity index (χ2n) is 3.91. The molecule has 2 rings (SSSR count). The van der Waals surface area contributed by atoms with Crippen molar-refractivity contribution in [2.45, 2.75) is 23.3 Å². The highest BCUT2D eigenvalue weighted by atomic mass is 32.2. The Morgan fingerprint density at radius 1 is 1.24 bits per heavy atom. The van der Waals surface area contributed by atoms with E-state index in [-0.39, 0.29) is 0 Å². The van der Waals surface area contributed by atoms with Gasteiger partial charge in [0.2, 0.25) is 0 Å². The lowest BCUT2D eigenvalue weighted by Crippen LogP contribution is -2.02. The molecule has 17 heavy (non-hydrogen) atoms. The van der Waals surface area contributed by atoms with Gasteiger partial charge in [-0.05, 0) is 49.2 Å². The minimum atomic E-state index is 0.701. The average Bonchev–Trinajstić information content (AvgIpc) is 2.34. The molecule has 1 aromatic heterocycles. The normalized spacial score (nSPS) is 10.5. The predicted octanol–water partition coefficient (Wildman–Crippen LogP) is 3.04. The first-order valence-corrected chi connectivity index (χ1v) is 6.50. The van der Waals surface area contributed by atoms with E-state index in [0.29, 0.717) is 6.54 Å². The van der Waals surface area contributed by atoms with Crippen molar-refractivity contribution < 1.29 is 0 Å². The van der Waals surface area contributed by atoms with Crippen molar-refractivity contribution in [2.24, 2.45) is 5.73 Å². The Balaban J connectivity index is 2.17. The Kier molecular flexibility index (Phi) is 4.18. The monoisotopic (exact) mass is 244 g/mol. The van der Waals surface area contributed by atoms with Gasteiger partial charge in [0.1, 0.15) is 5.03 Å². The van der Waals surface area contributed by atoms with E-state index in [9.17, 15) is 0 Å². The van der Waals surface area contributed by atoms with Crippen molar-refractivity contribution in [1.82, 2.24) is 4.98 Å². The minimum Gasteiger partial charge on any atom is -0.330 e. The van der Waals surface area contributed by atoms with Gasteiger partial charge in [-0.1, -0.05) is 30.0 Å². The van der Waals surface area contributed by atoms with E-state index in [1.807, 2.05) is 24.4 Å². The van der Waals surface area contributed by atoms with Gasteiger partial charge in [0.05, 0.1) is 0 Å². The maximum Gasteiger partial charge on any atom is 0.101 e. The predicted molar refractivity (Wildman–Crippen MR) is 72.3 cm³/mol. The standard InChI is InChI=1S/C14H16N2S/c1-11-10-12(7-8-15)5-6-13(11)17-14-4-2-3-9-16-14/h2-6,9-10H,7-8,15H2,1H3. The van der Waals surface area contributed by atoms with E-state index >= 15 is 0 Å². The summed E-state index contributed by atoms with van der Waals surface area (Å²) in [4.78, 5) is 5.57. The summed E-state index contributed by atoms with van der Waals surface area (Å²) < 4.78 is 0. The number of rotatable bonds is 4. The Labute approximate surface area is 106 Å². The maximum atomic E-state index is 5.56. The number of aromatic nitrogens is 1.